The summed E-state index contributed by atoms with van der Waals surface area (Å²) in [6, 6.07) is 13.5. The lowest BCUT2D eigenvalue weighted by atomic mass is 10.1. The Kier molecular flexibility index (Phi) is 5.34. The Balaban J connectivity index is 1.38. The number of benzene rings is 2. The van der Waals surface area contributed by atoms with Crippen LogP contribution in [-0.4, -0.2) is 41.3 Å². The van der Waals surface area contributed by atoms with Crippen molar-refractivity contribution in [2.75, 3.05) is 31.1 Å². The van der Waals surface area contributed by atoms with Gasteiger partial charge in [-0.1, -0.05) is 35.3 Å². The smallest absolute Gasteiger partial charge is 0.247 e. The van der Waals surface area contributed by atoms with Gasteiger partial charge in [0.25, 0.3) is 0 Å². The predicted octanol–water partition coefficient (Wildman–Crippen LogP) is 4.67. The molecule has 0 N–H and O–H groups in total. The van der Waals surface area contributed by atoms with Crippen LogP contribution in [0.25, 0.3) is 11.5 Å². The summed E-state index contributed by atoms with van der Waals surface area (Å²) in [5.74, 6) is 1.12. The molecule has 1 aliphatic heterocycles. The summed E-state index contributed by atoms with van der Waals surface area (Å²) in [5.41, 5.74) is 3.29. The van der Waals surface area contributed by atoms with Crippen LogP contribution in [0.1, 0.15) is 11.5 Å². The number of aromatic nitrogens is 2. The number of halogens is 2. The van der Waals surface area contributed by atoms with E-state index in [0.29, 0.717) is 23.3 Å². The highest BCUT2D eigenvalue weighted by Crippen LogP contribution is 2.26. The zero-order chi connectivity index (χ0) is 18.8. The number of hydrogen-bond acceptors (Lipinski definition) is 5. The molecule has 5 nitrogen and oxygen atoms in total. The van der Waals surface area contributed by atoms with Crippen LogP contribution in [0.3, 0.4) is 0 Å². The van der Waals surface area contributed by atoms with Crippen LogP contribution in [0.4, 0.5) is 5.69 Å². The van der Waals surface area contributed by atoms with E-state index in [0.717, 1.165) is 36.8 Å². The van der Waals surface area contributed by atoms with E-state index in [-0.39, 0.29) is 0 Å². The lowest BCUT2D eigenvalue weighted by molar-refractivity contribution is 0.227. The van der Waals surface area contributed by atoms with Crippen LogP contribution in [0.5, 0.6) is 0 Å². The fourth-order valence-corrected chi connectivity index (χ4v) is 3.67. The lowest BCUT2D eigenvalue weighted by Crippen LogP contribution is -2.46. The van der Waals surface area contributed by atoms with Crippen LogP contribution < -0.4 is 4.90 Å². The average molecular weight is 403 g/mol. The first-order valence-corrected chi connectivity index (χ1v) is 9.66. The SMILES string of the molecule is Cc1ccc(Cl)cc1N1CCN(Cc2nnc(-c3cccc(Cl)c3)o2)CC1. The topological polar surface area (TPSA) is 45.4 Å². The largest absolute Gasteiger partial charge is 0.419 e. The predicted molar refractivity (Wildman–Crippen MR) is 108 cm³/mol. The first-order valence-electron chi connectivity index (χ1n) is 8.90. The minimum atomic E-state index is 0.501. The summed E-state index contributed by atoms with van der Waals surface area (Å²) in [6.45, 7) is 6.51. The maximum atomic E-state index is 6.16. The maximum absolute atomic E-state index is 6.16. The fourth-order valence-electron chi connectivity index (χ4n) is 3.32. The van der Waals surface area contributed by atoms with E-state index in [9.17, 15) is 0 Å². The molecule has 3 aromatic rings. The summed E-state index contributed by atoms with van der Waals surface area (Å²) in [5, 5.41) is 9.76. The Labute approximate surface area is 168 Å². The van der Waals surface area contributed by atoms with Gasteiger partial charge in [0.05, 0.1) is 6.54 Å². The van der Waals surface area contributed by atoms with Crippen molar-refractivity contribution < 1.29 is 4.42 Å². The summed E-state index contributed by atoms with van der Waals surface area (Å²) in [7, 11) is 0. The van der Waals surface area contributed by atoms with Gasteiger partial charge in [0, 0.05) is 47.5 Å². The summed E-state index contributed by atoms with van der Waals surface area (Å²) < 4.78 is 5.82. The van der Waals surface area contributed by atoms with Gasteiger partial charge >= 0.3 is 0 Å². The van der Waals surface area contributed by atoms with E-state index in [1.807, 2.05) is 36.4 Å². The van der Waals surface area contributed by atoms with Gasteiger partial charge in [-0.2, -0.15) is 0 Å². The molecule has 1 saturated heterocycles. The molecule has 1 fully saturated rings. The van der Waals surface area contributed by atoms with Crippen molar-refractivity contribution in [3.63, 3.8) is 0 Å². The Bertz CT molecular complexity index is 935. The van der Waals surface area contributed by atoms with Gasteiger partial charge < -0.3 is 9.32 Å². The third kappa shape index (κ3) is 4.26. The average Bonchev–Trinajstić information content (AvgIpc) is 3.13. The maximum Gasteiger partial charge on any atom is 0.247 e. The second kappa shape index (κ2) is 7.89. The van der Waals surface area contributed by atoms with Crippen molar-refractivity contribution in [2.24, 2.45) is 0 Å². The van der Waals surface area contributed by atoms with Crippen molar-refractivity contribution >= 4 is 28.9 Å². The molecule has 0 atom stereocenters. The minimum Gasteiger partial charge on any atom is -0.419 e. The quantitative estimate of drug-likeness (QED) is 0.633. The fraction of sp³-hybridized carbons (Fsp3) is 0.300. The van der Waals surface area contributed by atoms with E-state index in [1.165, 1.54) is 11.3 Å². The molecule has 0 aliphatic carbocycles. The van der Waals surface area contributed by atoms with Crippen LogP contribution in [-0.2, 0) is 6.54 Å². The van der Waals surface area contributed by atoms with Crippen molar-refractivity contribution in [3.8, 4) is 11.5 Å². The third-order valence-electron chi connectivity index (χ3n) is 4.78. The number of piperazine rings is 1. The van der Waals surface area contributed by atoms with Crippen LogP contribution in [0.15, 0.2) is 46.9 Å². The molecule has 4 rings (SSSR count). The Morgan fingerprint density at radius 1 is 0.963 bits per heavy atom. The molecule has 140 valence electrons. The molecule has 7 heteroatoms. The van der Waals surface area contributed by atoms with Crippen molar-refractivity contribution in [1.29, 1.82) is 0 Å². The van der Waals surface area contributed by atoms with Gasteiger partial charge in [-0.05, 0) is 42.8 Å². The molecule has 1 aromatic heterocycles. The number of anilines is 1. The van der Waals surface area contributed by atoms with Gasteiger partial charge in [-0.25, -0.2) is 0 Å². The van der Waals surface area contributed by atoms with Crippen LogP contribution >= 0.6 is 23.2 Å². The molecule has 2 aromatic carbocycles. The molecule has 27 heavy (non-hydrogen) atoms. The highest BCUT2D eigenvalue weighted by Gasteiger charge is 2.20. The van der Waals surface area contributed by atoms with Gasteiger partial charge in [-0.3, -0.25) is 4.90 Å². The van der Waals surface area contributed by atoms with E-state index < -0.39 is 0 Å². The monoisotopic (exact) mass is 402 g/mol. The van der Waals surface area contributed by atoms with Crippen molar-refractivity contribution in [3.05, 3.63) is 64.0 Å². The van der Waals surface area contributed by atoms with Crippen molar-refractivity contribution in [1.82, 2.24) is 15.1 Å². The molecule has 0 spiro atoms. The van der Waals surface area contributed by atoms with Gasteiger partial charge in [0.2, 0.25) is 11.8 Å². The molecular weight excluding hydrogens is 383 g/mol. The first kappa shape index (κ1) is 18.3. The third-order valence-corrected chi connectivity index (χ3v) is 5.25. The van der Waals surface area contributed by atoms with Gasteiger partial charge in [0.1, 0.15) is 0 Å². The van der Waals surface area contributed by atoms with Crippen LogP contribution in [0.2, 0.25) is 10.0 Å². The van der Waals surface area contributed by atoms with E-state index >= 15 is 0 Å². The van der Waals surface area contributed by atoms with Crippen LogP contribution in [0, 0.1) is 6.92 Å². The molecule has 0 amide bonds. The second-order valence-electron chi connectivity index (χ2n) is 6.71. The summed E-state index contributed by atoms with van der Waals surface area (Å²) >= 11 is 12.2. The molecule has 0 saturated carbocycles. The van der Waals surface area contributed by atoms with E-state index in [4.69, 9.17) is 27.6 Å². The lowest BCUT2D eigenvalue weighted by Gasteiger charge is -2.36. The highest BCUT2D eigenvalue weighted by atomic mass is 35.5. The molecule has 0 unspecified atom stereocenters. The highest BCUT2D eigenvalue weighted by molar-refractivity contribution is 6.31. The molecule has 1 aliphatic rings. The Morgan fingerprint density at radius 3 is 2.52 bits per heavy atom. The molecule has 0 bridgehead atoms. The molecule has 0 radical (unpaired) electrons. The number of hydrogen-bond donors (Lipinski definition) is 0. The van der Waals surface area contributed by atoms with Gasteiger partial charge in [0.15, 0.2) is 0 Å². The van der Waals surface area contributed by atoms with E-state index in [1.54, 1.807) is 0 Å². The molecule has 2 heterocycles. The number of nitrogens with zero attached hydrogens (tertiary/aromatic N) is 4. The molecular formula is C20H20Cl2N4O. The summed E-state index contributed by atoms with van der Waals surface area (Å²) in [4.78, 5) is 4.70. The summed E-state index contributed by atoms with van der Waals surface area (Å²) in [6.07, 6.45) is 0. The number of rotatable bonds is 4. The van der Waals surface area contributed by atoms with E-state index in [2.05, 4.69) is 33.0 Å². The zero-order valence-electron chi connectivity index (χ0n) is 15.0. The minimum absolute atomic E-state index is 0.501. The standard InChI is InChI=1S/C20H20Cl2N4O/c1-14-5-6-17(22)12-18(14)26-9-7-25(8-10-26)13-19-23-24-20(27-19)15-3-2-4-16(21)11-15/h2-6,11-12H,7-10,13H2,1H3. The Morgan fingerprint density at radius 2 is 1.74 bits per heavy atom. The normalized spacial score (nSPS) is 15.3. The van der Waals surface area contributed by atoms with Crippen molar-refractivity contribution in [2.45, 2.75) is 13.5 Å². The van der Waals surface area contributed by atoms with Gasteiger partial charge in [-0.15, -0.1) is 10.2 Å². The second-order valence-corrected chi connectivity index (χ2v) is 7.58. The first-order chi connectivity index (χ1) is 13.1. The number of aryl methyl sites for hydroxylation is 1. The Hall–Kier alpha value is -2.08. The zero-order valence-corrected chi connectivity index (χ0v) is 16.5.